The fourth-order valence-corrected chi connectivity index (χ4v) is 3.04. The van der Waals surface area contributed by atoms with Gasteiger partial charge in [-0.3, -0.25) is 0 Å². The Kier molecular flexibility index (Phi) is 6.18. The van der Waals surface area contributed by atoms with E-state index in [4.69, 9.17) is 14.2 Å². The summed E-state index contributed by atoms with van der Waals surface area (Å²) >= 11 is 0. The Labute approximate surface area is 127 Å². The van der Waals surface area contributed by atoms with Gasteiger partial charge >= 0.3 is 0 Å². The molecule has 1 aromatic carbocycles. The van der Waals surface area contributed by atoms with Gasteiger partial charge in [-0.1, -0.05) is 31.7 Å². The fraction of sp³-hybridized carbons (Fsp3) is 0.647. The Morgan fingerprint density at radius 3 is 2.14 bits per heavy atom. The predicted octanol–water partition coefficient (Wildman–Crippen LogP) is 3.52. The first-order valence-electron chi connectivity index (χ1n) is 7.81. The molecule has 4 nitrogen and oxygen atoms in total. The molecule has 0 heterocycles. The second-order valence-corrected chi connectivity index (χ2v) is 5.56. The average Bonchev–Trinajstić information content (AvgIpc) is 2.80. The maximum Gasteiger partial charge on any atom is 0.203 e. The van der Waals surface area contributed by atoms with Crippen LogP contribution in [0.15, 0.2) is 12.1 Å². The van der Waals surface area contributed by atoms with Crippen LogP contribution in [0.4, 0.5) is 0 Å². The summed E-state index contributed by atoms with van der Waals surface area (Å²) in [5, 5.41) is 3.67. The first-order valence-corrected chi connectivity index (χ1v) is 7.81. The highest BCUT2D eigenvalue weighted by molar-refractivity contribution is 5.55. The summed E-state index contributed by atoms with van der Waals surface area (Å²) in [5.74, 6) is 2.13. The van der Waals surface area contributed by atoms with Crippen molar-refractivity contribution in [1.29, 1.82) is 0 Å². The third-order valence-corrected chi connectivity index (χ3v) is 4.22. The highest BCUT2D eigenvalue weighted by Crippen LogP contribution is 2.39. The van der Waals surface area contributed by atoms with Crippen molar-refractivity contribution in [2.45, 2.75) is 51.1 Å². The summed E-state index contributed by atoms with van der Waals surface area (Å²) in [6.45, 7) is 0.800. The minimum Gasteiger partial charge on any atom is -0.493 e. The van der Waals surface area contributed by atoms with Crippen LogP contribution in [0, 0.1) is 0 Å². The molecule has 1 aliphatic rings. The molecule has 4 heteroatoms. The largest absolute Gasteiger partial charge is 0.493 e. The van der Waals surface area contributed by atoms with E-state index in [9.17, 15) is 0 Å². The van der Waals surface area contributed by atoms with Crippen molar-refractivity contribution in [3.05, 3.63) is 17.7 Å². The van der Waals surface area contributed by atoms with Gasteiger partial charge < -0.3 is 19.5 Å². The van der Waals surface area contributed by atoms with Crippen LogP contribution < -0.4 is 19.5 Å². The molecule has 0 radical (unpaired) electrons. The lowest BCUT2D eigenvalue weighted by Crippen LogP contribution is -2.28. The SMILES string of the molecule is COc1ccc(CNC2CCCCCC2)c(OC)c1OC. The van der Waals surface area contributed by atoms with Gasteiger partial charge in [0.1, 0.15) is 0 Å². The summed E-state index contributed by atoms with van der Waals surface area (Å²) in [5.41, 5.74) is 1.11. The Balaban J connectivity index is 2.08. The van der Waals surface area contributed by atoms with Crippen LogP contribution >= 0.6 is 0 Å². The minimum atomic E-state index is 0.616. The smallest absolute Gasteiger partial charge is 0.203 e. The number of nitrogens with one attached hydrogen (secondary N) is 1. The molecule has 0 spiro atoms. The molecule has 1 aliphatic carbocycles. The topological polar surface area (TPSA) is 39.7 Å². The quantitative estimate of drug-likeness (QED) is 0.815. The van der Waals surface area contributed by atoms with E-state index in [0.717, 1.165) is 17.9 Å². The van der Waals surface area contributed by atoms with Crippen LogP contribution in [0.2, 0.25) is 0 Å². The van der Waals surface area contributed by atoms with Gasteiger partial charge in [0.05, 0.1) is 21.3 Å². The van der Waals surface area contributed by atoms with E-state index >= 15 is 0 Å². The van der Waals surface area contributed by atoms with E-state index in [-0.39, 0.29) is 0 Å². The molecule has 2 rings (SSSR count). The van der Waals surface area contributed by atoms with Crippen LogP contribution in [0.3, 0.4) is 0 Å². The molecule has 1 saturated carbocycles. The molecule has 0 saturated heterocycles. The van der Waals surface area contributed by atoms with E-state index in [1.165, 1.54) is 38.5 Å². The van der Waals surface area contributed by atoms with Crippen molar-refractivity contribution in [3.8, 4) is 17.2 Å². The van der Waals surface area contributed by atoms with Gasteiger partial charge in [0.25, 0.3) is 0 Å². The number of hydrogen-bond acceptors (Lipinski definition) is 4. The number of methoxy groups -OCH3 is 3. The van der Waals surface area contributed by atoms with Crippen LogP contribution in [-0.4, -0.2) is 27.4 Å². The van der Waals surface area contributed by atoms with E-state index in [0.29, 0.717) is 17.5 Å². The van der Waals surface area contributed by atoms with Crippen LogP contribution in [0.1, 0.15) is 44.1 Å². The predicted molar refractivity (Wildman–Crippen MR) is 84.4 cm³/mol. The minimum absolute atomic E-state index is 0.616. The van der Waals surface area contributed by atoms with E-state index in [2.05, 4.69) is 5.32 Å². The highest BCUT2D eigenvalue weighted by atomic mass is 16.5. The van der Waals surface area contributed by atoms with Crippen LogP contribution in [-0.2, 0) is 6.54 Å². The van der Waals surface area contributed by atoms with Crippen LogP contribution in [0.25, 0.3) is 0 Å². The van der Waals surface area contributed by atoms with Crippen molar-refractivity contribution < 1.29 is 14.2 Å². The normalized spacial score (nSPS) is 16.3. The Hall–Kier alpha value is -1.42. The van der Waals surface area contributed by atoms with Gasteiger partial charge in [-0.25, -0.2) is 0 Å². The van der Waals surface area contributed by atoms with Crippen molar-refractivity contribution in [3.63, 3.8) is 0 Å². The zero-order chi connectivity index (χ0) is 15.1. The summed E-state index contributed by atoms with van der Waals surface area (Å²) in [6.07, 6.45) is 7.96. The number of benzene rings is 1. The lowest BCUT2D eigenvalue weighted by atomic mass is 10.1. The Morgan fingerprint density at radius 1 is 0.905 bits per heavy atom. The third kappa shape index (κ3) is 4.03. The second kappa shape index (κ2) is 8.13. The summed E-state index contributed by atoms with van der Waals surface area (Å²) in [6, 6.07) is 4.60. The van der Waals surface area contributed by atoms with Gasteiger partial charge in [0.15, 0.2) is 11.5 Å². The molecular formula is C17H27NO3. The molecule has 0 bridgehead atoms. The first-order chi connectivity index (χ1) is 10.3. The van der Waals surface area contributed by atoms with Gasteiger partial charge in [-0.15, -0.1) is 0 Å². The summed E-state index contributed by atoms with van der Waals surface area (Å²) in [7, 11) is 4.95. The average molecular weight is 293 g/mol. The molecule has 21 heavy (non-hydrogen) atoms. The zero-order valence-corrected chi connectivity index (χ0v) is 13.4. The van der Waals surface area contributed by atoms with Crippen molar-refractivity contribution in [2.24, 2.45) is 0 Å². The fourth-order valence-electron chi connectivity index (χ4n) is 3.04. The molecule has 1 aromatic rings. The monoisotopic (exact) mass is 293 g/mol. The molecule has 0 amide bonds. The first kappa shape index (κ1) is 16.0. The highest BCUT2D eigenvalue weighted by Gasteiger charge is 2.17. The molecule has 0 aliphatic heterocycles. The Bertz CT molecular complexity index is 440. The summed E-state index contributed by atoms with van der Waals surface area (Å²) < 4.78 is 16.3. The van der Waals surface area contributed by atoms with E-state index in [1.54, 1.807) is 21.3 Å². The lowest BCUT2D eigenvalue weighted by Gasteiger charge is -2.19. The van der Waals surface area contributed by atoms with E-state index in [1.807, 2.05) is 12.1 Å². The maximum atomic E-state index is 5.53. The third-order valence-electron chi connectivity index (χ3n) is 4.22. The number of rotatable bonds is 6. The van der Waals surface area contributed by atoms with Crippen LogP contribution in [0.5, 0.6) is 17.2 Å². The summed E-state index contributed by atoms with van der Waals surface area (Å²) in [4.78, 5) is 0. The van der Waals surface area contributed by atoms with Crippen molar-refractivity contribution >= 4 is 0 Å². The number of ether oxygens (including phenoxy) is 3. The van der Waals surface area contributed by atoms with E-state index < -0.39 is 0 Å². The van der Waals surface area contributed by atoms with Crippen molar-refractivity contribution in [1.82, 2.24) is 5.32 Å². The maximum absolute atomic E-state index is 5.53. The zero-order valence-electron chi connectivity index (χ0n) is 13.4. The van der Waals surface area contributed by atoms with Gasteiger partial charge in [-0.2, -0.15) is 0 Å². The van der Waals surface area contributed by atoms with Crippen molar-refractivity contribution in [2.75, 3.05) is 21.3 Å². The molecule has 118 valence electrons. The lowest BCUT2D eigenvalue weighted by molar-refractivity contribution is 0.320. The second-order valence-electron chi connectivity index (χ2n) is 5.56. The molecule has 1 N–H and O–H groups in total. The van der Waals surface area contributed by atoms with Gasteiger partial charge in [-0.05, 0) is 18.9 Å². The van der Waals surface area contributed by atoms with Gasteiger partial charge in [0, 0.05) is 18.2 Å². The molecule has 1 fully saturated rings. The standard InChI is InChI=1S/C17H27NO3/c1-19-15-11-10-13(16(20-2)17(15)21-3)12-18-14-8-6-4-5-7-9-14/h10-11,14,18H,4-9,12H2,1-3H3. The molecular weight excluding hydrogens is 266 g/mol. The molecule has 0 unspecified atom stereocenters. The Morgan fingerprint density at radius 2 is 1.57 bits per heavy atom. The number of hydrogen-bond donors (Lipinski definition) is 1. The van der Waals surface area contributed by atoms with Gasteiger partial charge in [0.2, 0.25) is 5.75 Å². The molecule has 0 aromatic heterocycles. The molecule has 0 atom stereocenters.